The lowest BCUT2D eigenvalue weighted by molar-refractivity contribution is -0.0500. The highest BCUT2D eigenvalue weighted by Crippen LogP contribution is 2.26. The maximum absolute atomic E-state index is 9.71. The zero-order chi connectivity index (χ0) is 9.97. The standard InChI is InChI=1S/C11H21NO2/c1-2-3-9(13)6-12-7-10-4-5-11(8-12)14-10/h9-11,13H,2-8H2,1H3. The summed E-state index contributed by atoms with van der Waals surface area (Å²) >= 11 is 0. The van der Waals surface area contributed by atoms with E-state index in [1.807, 2.05) is 0 Å². The number of β-amino-alcohol motifs (C(OH)–C–C–N with tert-alkyl or cyclic N) is 1. The molecule has 3 heteroatoms. The fourth-order valence-corrected chi connectivity index (χ4v) is 2.57. The summed E-state index contributed by atoms with van der Waals surface area (Å²) in [5.74, 6) is 0. The second-order valence-electron chi connectivity index (χ2n) is 4.62. The molecule has 2 aliphatic rings. The van der Waals surface area contributed by atoms with Gasteiger partial charge in [-0.2, -0.15) is 0 Å². The monoisotopic (exact) mass is 199 g/mol. The van der Waals surface area contributed by atoms with Gasteiger partial charge >= 0.3 is 0 Å². The number of rotatable bonds is 4. The minimum Gasteiger partial charge on any atom is -0.392 e. The van der Waals surface area contributed by atoms with Crippen molar-refractivity contribution in [1.29, 1.82) is 0 Å². The molecule has 0 amide bonds. The van der Waals surface area contributed by atoms with Crippen molar-refractivity contribution < 1.29 is 9.84 Å². The molecule has 2 heterocycles. The molecule has 3 nitrogen and oxygen atoms in total. The summed E-state index contributed by atoms with van der Waals surface area (Å²) in [6.45, 7) is 5.00. The van der Waals surface area contributed by atoms with Gasteiger partial charge in [0.2, 0.25) is 0 Å². The lowest BCUT2D eigenvalue weighted by Gasteiger charge is -2.33. The lowest BCUT2D eigenvalue weighted by Crippen LogP contribution is -2.45. The number of hydrogen-bond acceptors (Lipinski definition) is 3. The van der Waals surface area contributed by atoms with Gasteiger partial charge in [0.25, 0.3) is 0 Å². The first-order chi connectivity index (χ1) is 6.78. The Bertz CT molecular complexity index is 174. The molecule has 0 aromatic heterocycles. The van der Waals surface area contributed by atoms with Gasteiger partial charge < -0.3 is 9.84 Å². The predicted octanol–water partition coefficient (Wildman–Crippen LogP) is 1.01. The van der Waals surface area contributed by atoms with E-state index in [4.69, 9.17) is 4.74 Å². The Balaban J connectivity index is 1.76. The Kier molecular flexibility index (Phi) is 3.42. The van der Waals surface area contributed by atoms with Crippen molar-refractivity contribution in [2.24, 2.45) is 0 Å². The number of nitrogens with zero attached hydrogens (tertiary/aromatic N) is 1. The highest BCUT2D eigenvalue weighted by Gasteiger charge is 2.33. The summed E-state index contributed by atoms with van der Waals surface area (Å²) in [7, 11) is 0. The van der Waals surface area contributed by atoms with Crippen molar-refractivity contribution >= 4 is 0 Å². The van der Waals surface area contributed by atoms with Gasteiger partial charge in [0.15, 0.2) is 0 Å². The number of hydrogen-bond donors (Lipinski definition) is 1. The second-order valence-corrected chi connectivity index (χ2v) is 4.62. The number of likely N-dealkylation sites (tertiary alicyclic amines) is 1. The molecule has 3 unspecified atom stereocenters. The van der Waals surface area contributed by atoms with Crippen molar-refractivity contribution in [3.05, 3.63) is 0 Å². The van der Waals surface area contributed by atoms with Crippen molar-refractivity contribution in [3.63, 3.8) is 0 Å². The predicted molar refractivity (Wildman–Crippen MR) is 55.2 cm³/mol. The summed E-state index contributed by atoms with van der Waals surface area (Å²) in [5, 5.41) is 9.71. The average molecular weight is 199 g/mol. The van der Waals surface area contributed by atoms with E-state index in [0.29, 0.717) is 12.2 Å². The van der Waals surface area contributed by atoms with Gasteiger partial charge in [-0.1, -0.05) is 13.3 Å². The van der Waals surface area contributed by atoms with Crippen LogP contribution in [0.4, 0.5) is 0 Å². The zero-order valence-electron chi connectivity index (χ0n) is 8.98. The zero-order valence-corrected chi connectivity index (χ0v) is 8.98. The largest absolute Gasteiger partial charge is 0.392 e. The van der Waals surface area contributed by atoms with Crippen LogP contribution in [0.25, 0.3) is 0 Å². The van der Waals surface area contributed by atoms with Crippen LogP contribution in [0.1, 0.15) is 32.6 Å². The first-order valence-corrected chi connectivity index (χ1v) is 5.83. The van der Waals surface area contributed by atoms with Gasteiger partial charge in [0.1, 0.15) is 0 Å². The Morgan fingerprint density at radius 2 is 2.00 bits per heavy atom. The molecule has 14 heavy (non-hydrogen) atoms. The van der Waals surface area contributed by atoms with Crippen molar-refractivity contribution in [3.8, 4) is 0 Å². The van der Waals surface area contributed by atoms with Crippen LogP contribution in [-0.4, -0.2) is 48.0 Å². The molecule has 2 aliphatic heterocycles. The third kappa shape index (κ3) is 2.47. The van der Waals surface area contributed by atoms with Crippen LogP contribution >= 0.6 is 0 Å². The van der Waals surface area contributed by atoms with Crippen molar-refractivity contribution in [1.82, 2.24) is 4.90 Å². The van der Waals surface area contributed by atoms with Gasteiger partial charge in [0, 0.05) is 19.6 Å². The van der Waals surface area contributed by atoms with Gasteiger partial charge in [-0.3, -0.25) is 4.90 Å². The van der Waals surface area contributed by atoms with Crippen LogP contribution in [0, 0.1) is 0 Å². The summed E-state index contributed by atoms with van der Waals surface area (Å²) in [5.41, 5.74) is 0. The van der Waals surface area contributed by atoms with Crippen LogP contribution in [-0.2, 0) is 4.74 Å². The third-order valence-electron chi connectivity index (χ3n) is 3.21. The van der Waals surface area contributed by atoms with Gasteiger partial charge in [-0.15, -0.1) is 0 Å². The van der Waals surface area contributed by atoms with E-state index >= 15 is 0 Å². The minimum atomic E-state index is -0.141. The number of ether oxygens (including phenoxy) is 1. The molecule has 82 valence electrons. The quantitative estimate of drug-likeness (QED) is 0.733. The highest BCUT2D eigenvalue weighted by atomic mass is 16.5. The molecule has 2 bridgehead atoms. The van der Waals surface area contributed by atoms with Crippen LogP contribution < -0.4 is 0 Å². The van der Waals surface area contributed by atoms with Gasteiger partial charge in [-0.25, -0.2) is 0 Å². The molecule has 0 saturated carbocycles. The molecule has 2 saturated heterocycles. The smallest absolute Gasteiger partial charge is 0.0707 e. The molecule has 0 aliphatic carbocycles. The molecule has 0 aromatic rings. The Morgan fingerprint density at radius 1 is 1.36 bits per heavy atom. The highest BCUT2D eigenvalue weighted by molar-refractivity contribution is 4.85. The normalized spacial score (nSPS) is 34.7. The summed E-state index contributed by atoms with van der Waals surface area (Å²) in [4.78, 5) is 2.37. The summed E-state index contributed by atoms with van der Waals surface area (Å²) in [6.07, 6.45) is 5.17. The van der Waals surface area contributed by atoms with E-state index in [2.05, 4.69) is 11.8 Å². The lowest BCUT2D eigenvalue weighted by atomic mass is 10.2. The van der Waals surface area contributed by atoms with Gasteiger partial charge in [0.05, 0.1) is 18.3 Å². The number of aliphatic hydroxyl groups is 1. The van der Waals surface area contributed by atoms with Crippen LogP contribution in [0.5, 0.6) is 0 Å². The molecule has 0 spiro atoms. The Morgan fingerprint density at radius 3 is 2.57 bits per heavy atom. The maximum atomic E-state index is 9.71. The van der Waals surface area contributed by atoms with Crippen molar-refractivity contribution in [2.75, 3.05) is 19.6 Å². The van der Waals surface area contributed by atoms with E-state index in [-0.39, 0.29) is 6.10 Å². The molecule has 0 radical (unpaired) electrons. The number of aliphatic hydroxyl groups excluding tert-OH is 1. The molecule has 3 atom stereocenters. The molecule has 2 rings (SSSR count). The van der Waals surface area contributed by atoms with E-state index in [0.717, 1.165) is 32.5 Å². The van der Waals surface area contributed by atoms with Gasteiger partial charge in [-0.05, 0) is 19.3 Å². The first kappa shape index (κ1) is 10.4. The first-order valence-electron chi connectivity index (χ1n) is 5.83. The van der Waals surface area contributed by atoms with E-state index in [9.17, 15) is 5.11 Å². The topological polar surface area (TPSA) is 32.7 Å². The van der Waals surface area contributed by atoms with E-state index in [1.54, 1.807) is 0 Å². The Labute approximate surface area is 86.0 Å². The van der Waals surface area contributed by atoms with Crippen LogP contribution in [0.2, 0.25) is 0 Å². The van der Waals surface area contributed by atoms with Crippen LogP contribution in [0.15, 0.2) is 0 Å². The fourth-order valence-electron chi connectivity index (χ4n) is 2.57. The molecular formula is C11H21NO2. The maximum Gasteiger partial charge on any atom is 0.0707 e. The Hall–Kier alpha value is -0.120. The summed E-state index contributed by atoms with van der Waals surface area (Å²) in [6, 6.07) is 0. The minimum absolute atomic E-state index is 0.141. The molecule has 0 aromatic carbocycles. The third-order valence-corrected chi connectivity index (χ3v) is 3.21. The fraction of sp³-hybridized carbons (Fsp3) is 1.00. The van der Waals surface area contributed by atoms with Crippen LogP contribution in [0.3, 0.4) is 0 Å². The van der Waals surface area contributed by atoms with E-state index < -0.39 is 0 Å². The number of fused-ring (bicyclic) bond motifs is 2. The molecular weight excluding hydrogens is 178 g/mol. The average Bonchev–Trinajstić information content (AvgIpc) is 2.46. The second kappa shape index (κ2) is 4.60. The summed E-state index contributed by atoms with van der Waals surface area (Å²) < 4.78 is 5.75. The van der Waals surface area contributed by atoms with E-state index in [1.165, 1.54) is 12.8 Å². The van der Waals surface area contributed by atoms with Crippen molar-refractivity contribution in [2.45, 2.75) is 50.9 Å². The molecule has 2 fully saturated rings. The molecule has 1 N–H and O–H groups in total. The SMILES string of the molecule is CCCC(O)CN1CC2CCC(C1)O2. The number of morpholine rings is 1.